The Morgan fingerprint density at radius 2 is 1.79 bits per heavy atom. The van der Waals surface area contributed by atoms with E-state index in [0.717, 1.165) is 43.4 Å². The van der Waals surface area contributed by atoms with E-state index in [-0.39, 0.29) is 0 Å². The van der Waals surface area contributed by atoms with Crippen LogP contribution in [0.4, 0.5) is 5.69 Å². The number of hydrogen-bond acceptors (Lipinski definition) is 3. The molecule has 1 aliphatic carbocycles. The fourth-order valence-corrected chi connectivity index (χ4v) is 4.18. The highest BCUT2D eigenvalue weighted by Gasteiger charge is 2.24. The Bertz CT molecular complexity index is 804. The van der Waals surface area contributed by atoms with Crippen molar-refractivity contribution in [1.29, 1.82) is 0 Å². The minimum absolute atomic E-state index is 0.504. The van der Waals surface area contributed by atoms with Gasteiger partial charge >= 0.3 is 0 Å². The average molecular weight is 401 g/mol. The Balaban J connectivity index is 1.53. The van der Waals surface area contributed by atoms with Crippen molar-refractivity contribution in [2.45, 2.75) is 57.5 Å². The minimum Gasteiger partial charge on any atom is -0.409 e. The van der Waals surface area contributed by atoms with Crippen LogP contribution in [0.25, 0.3) is 0 Å². The molecule has 3 N–H and O–H groups in total. The van der Waals surface area contributed by atoms with Crippen LogP contribution >= 0.6 is 11.6 Å². The van der Waals surface area contributed by atoms with Crippen LogP contribution in [0.3, 0.4) is 0 Å². The molecule has 28 heavy (non-hydrogen) atoms. The van der Waals surface area contributed by atoms with Gasteiger partial charge in [0, 0.05) is 17.1 Å². The maximum Gasteiger partial charge on any atom is 0.146 e. The molecule has 150 valence electrons. The average Bonchev–Trinajstić information content (AvgIpc) is 2.67. The molecule has 0 heterocycles. The van der Waals surface area contributed by atoms with Gasteiger partial charge in [-0.05, 0) is 80.7 Å². The molecule has 0 spiro atoms. The summed E-state index contributed by atoms with van der Waals surface area (Å²) in [6.45, 7) is 3.62. The zero-order valence-electron chi connectivity index (χ0n) is 16.5. The lowest BCUT2D eigenvalue weighted by Gasteiger charge is -2.29. The Morgan fingerprint density at radius 3 is 2.36 bits per heavy atom. The van der Waals surface area contributed by atoms with Crippen LogP contribution in [-0.4, -0.2) is 16.1 Å². The molecule has 2 aromatic rings. The Kier molecular flexibility index (Phi) is 6.63. The van der Waals surface area contributed by atoms with E-state index < -0.39 is 5.60 Å². The quantitative estimate of drug-likeness (QED) is 0.245. The van der Waals surface area contributed by atoms with Crippen molar-refractivity contribution in [2.24, 2.45) is 11.1 Å². The Morgan fingerprint density at radius 1 is 1.11 bits per heavy atom. The minimum atomic E-state index is -0.799. The van der Waals surface area contributed by atoms with Gasteiger partial charge in [-0.25, -0.2) is 0 Å². The molecule has 0 amide bonds. The summed E-state index contributed by atoms with van der Waals surface area (Å²) in [7, 11) is 0. The lowest BCUT2D eigenvalue weighted by atomic mass is 9.77. The number of anilines is 1. The maximum absolute atomic E-state index is 10.1. The number of nitrogens with zero attached hydrogens (tertiary/aromatic N) is 1. The van der Waals surface area contributed by atoms with Gasteiger partial charge in [-0.3, -0.25) is 0 Å². The highest BCUT2D eigenvalue weighted by Crippen LogP contribution is 2.37. The van der Waals surface area contributed by atoms with Crippen molar-refractivity contribution in [1.82, 2.24) is 0 Å². The largest absolute Gasteiger partial charge is 0.409 e. The van der Waals surface area contributed by atoms with Crippen LogP contribution in [0.15, 0.2) is 53.7 Å². The number of aliphatic hydroxyl groups is 1. The second-order valence-electron chi connectivity index (χ2n) is 8.28. The summed E-state index contributed by atoms with van der Waals surface area (Å²) >= 11 is 6.02. The van der Waals surface area contributed by atoms with Crippen molar-refractivity contribution < 1.29 is 10.3 Å². The van der Waals surface area contributed by atoms with Gasteiger partial charge in [0.2, 0.25) is 0 Å². The first-order chi connectivity index (χ1) is 13.3. The molecule has 0 unspecified atom stereocenters. The first-order valence-electron chi connectivity index (χ1n) is 9.91. The number of halogens is 1. The van der Waals surface area contributed by atoms with Gasteiger partial charge in [-0.2, -0.15) is 0 Å². The third-order valence-corrected chi connectivity index (χ3v) is 5.89. The number of amidine groups is 1. The summed E-state index contributed by atoms with van der Waals surface area (Å²) in [5.74, 6) is 1.65. The lowest BCUT2D eigenvalue weighted by Crippen LogP contribution is -2.21. The van der Waals surface area contributed by atoms with Crippen molar-refractivity contribution in [3.05, 3.63) is 64.7 Å². The van der Waals surface area contributed by atoms with E-state index in [0.29, 0.717) is 22.7 Å². The molecule has 0 aliphatic heterocycles. The van der Waals surface area contributed by atoms with Gasteiger partial charge < -0.3 is 15.6 Å². The van der Waals surface area contributed by atoms with E-state index in [9.17, 15) is 10.3 Å². The van der Waals surface area contributed by atoms with Crippen LogP contribution in [0.5, 0.6) is 0 Å². The number of hydrogen-bond donors (Lipinski definition) is 3. The van der Waals surface area contributed by atoms with E-state index in [1.807, 2.05) is 50.2 Å². The number of nitrogens with one attached hydrogen (secondary N) is 1. The summed E-state index contributed by atoms with van der Waals surface area (Å²) in [6.07, 6.45) is 5.19. The first-order valence-corrected chi connectivity index (χ1v) is 10.3. The van der Waals surface area contributed by atoms with E-state index >= 15 is 0 Å². The van der Waals surface area contributed by atoms with E-state index in [1.54, 1.807) is 0 Å². The molecule has 0 aromatic heterocycles. The van der Waals surface area contributed by atoms with Gasteiger partial charge in [0.25, 0.3) is 0 Å². The number of benzene rings is 2. The topological polar surface area (TPSA) is 64.9 Å². The summed E-state index contributed by atoms with van der Waals surface area (Å²) < 4.78 is 0. The van der Waals surface area contributed by atoms with Gasteiger partial charge in [0.1, 0.15) is 5.84 Å². The fourth-order valence-electron chi connectivity index (χ4n) is 3.99. The van der Waals surface area contributed by atoms with Crippen molar-refractivity contribution in [2.75, 3.05) is 5.32 Å². The maximum atomic E-state index is 10.1. The zero-order valence-corrected chi connectivity index (χ0v) is 17.3. The third kappa shape index (κ3) is 5.49. The smallest absolute Gasteiger partial charge is 0.146 e. The summed E-state index contributed by atoms with van der Waals surface area (Å²) in [6, 6.07) is 15.8. The van der Waals surface area contributed by atoms with E-state index in [4.69, 9.17) is 11.6 Å². The SMILES string of the molecule is CC(C)(O)c1ccc(C2CCC(C/C(=N\O)Nc3cccc(Cl)c3)CC2)cc1. The molecule has 0 bridgehead atoms. The second-order valence-corrected chi connectivity index (χ2v) is 8.72. The van der Waals surface area contributed by atoms with Crippen LogP contribution in [0, 0.1) is 5.92 Å². The van der Waals surface area contributed by atoms with Crippen LogP contribution in [-0.2, 0) is 5.60 Å². The third-order valence-electron chi connectivity index (χ3n) is 5.65. The van der Waals surface area contributed by atoms with Crippen LogP contribution in [0.2, 0.25) is 5.02 Å². The molecule has 0 atom stereocenters. The van der Waals surface area contributed by atoms with Gasteiger partial charge in [0.15, 0.2) is 0 Å². The second kappa shape index (κ2) is 8.97. The summed E-state index contributed by atoms with van der Waals surface area (Å²) in [4.78, 5) is 0. The Hall–Kier alpha value is -2.04. The molecule has 1 saturated carbocycles. The van der Waals surface area contributed by atoms with Gasteiger partial charge in [-0.15, -0.1) is 0 Å². The standard InChI is InChI=1S/C23H29ClN2O2/c1-23(2,27)19-12-10-18(11-13-19)17-8-6-16(7-9-17)14-22(26-28)25-21-5-3-4-20(24)15-21/h3-5,10-13,15-17,27-28H,6-9,14H2,1-2H3,(H,25,26). The lowest BCUT2D eigenvalue weighted by molar-refractivity contribution is 0.0786. The molecule has 0 saturated heterocycles. The summed E-state index contributed by atoms with van der Waals surface area (Å²) in [5.41, 5.74) is 2.33. The molecule has 3 rings (SSSR count). The monoisotopic (exact) mass is 400 g/mol. The molecular weight excluding hydrogens is 372 g/mol. The van der Waals surface area contributed by atoms with Crippen molar-refractivity contribution in [3.8, 4) is 0 Å². The van der Waals surface area contributed by atoms with Gasteiger partial charge in [-0.1, -0.05) is 47.1 Å². The highest BCUT2D eigenvalue weighted by molar-refractivity contribution is 6.30. The van der Waals surface area contributed by atoms with Crippen LogP contribution in [0.1, 0.15) is 63.0 Å². The van der Waals surface area contributed by atoms with Crippen molar-refractivity contribution in [3.63, 3.8) is 0 Å². The van der Waals surface area contributed by atoms with Crippen molar-refractivity contribution >= 4 is 23.1 Å². The Labute approximate surface area is 172 Å². The molecule has 0 radical (unpaired) electrons. The predicted molar refractivity (Wildman–Crippen MR) is 115 cm³/mol. The normalized spacial score (nSPS) is 20.8. The molecule has 1 aliphatic rings. The first kappa shape index (κ1) is 20.7. The number of rotatable bonds is 5. The fraction of sp³-hybridized carbons (Fsp3) is 0.435. The van der Waals surface area contributed by atoms with Gasteiger partial charge in [0.05, 0.1) is 5.60 Å². The van der Waals surface area contributed by atoms with Crippen LogP contribution < -0.4 is 5.32 Å². The molecule has 1 fully saturated rings. The van der Waals surface area contributed by atoms with E-state index in [2.05, 4.69) is 22.6 Å². The number of oxime groups is 1. The van der Waals surface area contributed by atoms with E-state index in [1.165, 1.54) is 5.56 Å². The molecule has 5 heteroatoms. The molecular formula is C23H29ClN2O2. The predicted octanol–water partition coefficient (Wildman–Crippen LogP) is 6.13. The zero-order chi connectivity index (χ0) is 20.1. The highest BCUT2D eigenvalue weighted by atomic mass is 35.5. The molecule has 4 nitrogen and oxygen atoms in total. The summed E-state index contributed by atoms with van der Waals surface area (Å²) in [5, 5.41) is 26.8. The molecule has 2 aromatic carbocycles.